The first-order valence-electron chi connectivity index (χ1n) is 9.39. The van der Waals surface area contributed by atoms with Gasteiger partial charge in [0.2, 0.25) is 0 Å². The van der Waals surface area contributed by atoms with Gasteiger partial charge in [0.05, 0.1) is 6.61 Å². The summed E-state index contributed by atoms with van der Waals surface area (Å²) in [4.78, 5) is 21.1. The van der Waals surface area contributed by atoms with Crippen LogP contribution in [0.25, 0.3) is 0 Å². The van der Waals surface area contributed by atoms with Gasteiger partial charge in [-0.25, -0.2) is 0 Å². The summed E-state index contributed by atoms with van der Waals surface area (Å²) in [5, 5.41) is 0. The minimum absolute atomic E-state index is 0.112. The number of benzene rings is 1. The van der Waals surface area contributed by atoms with Crippen molar-refractivity contribution in [1.29, 1.82) is 0 Å². The van der Waals surface area contributed by atoms with Gasteiger partial charge in [0, 0.05) is 50.7 Å². The number of aromatic nitrogens is 1. The molecule has 1 aliphatic heterocycles. The zero-order chi connectivity index (χ0) is 18.2. The SMILES string of the molecule is CCCOc1ccc(C(=O)N2CCN(CCc3ccncc3)CC2)cc1. The summed E-state index contributed by atoms with van der Waals surface area (Å²) in [6.07, 6.45) is 5.68. The van der Waals surface area contributed by atoms with E-state index in [-0.39, 0.29) is 5.91 Å². The number of pyridine rings is 1. The number of nitrogens with zero attached hydrogens (tertiary/aromatic N) is 3. The Morgan fingerprint density at radius 3 is 2.38 bits per heavy atom. The molecule has 0 unspecified atom stereocenters. The third-order valence-electron chi connectivity index (χ3n) is 4.70. The zero-order valence-electron chi connectivity index (χ0n) is 15.4. The van der Waals surface area contributed by atoms with Crippen molar-refractivity contribution < 1.29 is 9.53 Å². The molecule has 1 aromatic carbocycles. The molecule has 0 spiro atoms. The lowest BCUT2D eigenvalue weighted by molar-refractivity contribution is 0.0638. The molecule has 0 N–H and O–H groups in total. The molecule has 1 fully saturated rings. The van der Waals surface area contributed by atoms with Gasteiger partial charge < -0.3 is 9.64 Å². The maximum Gasteiger partial charge on any atom is 0.253 e. The molecule has 5 heteroatoms. The smallest absolute Gasteiger partial charge is 0.253 e. The molecule has 2 heterocycles. The molecule has 26 heavy (non-hydrogen) atoms. The lowest BCUT2D eigenvalue weighted by Gasteiger charge is -2.34. The van der Waals surface area contributed by atoms with E-state index in [1.807, 2.05) is 41.6 Å². The largest absolute Gasteiger partial charge is 0.494 e. The lowest BCUT2D eigenvalue weighted by atomic mass is 10.1. The van der Waals surface area contributed by atoms with Crippen LogP contribution in [0.1, 0.15) is 29.3 Å². The monoisotopic (exact) mass is 353 g/mol. The molecular formula is C21H27N3O2. The summed E-state index contributed by atoms with van der Waals surface area (Å²) in [5.41, 5.74) is 2.04. The topological polar surface area (TPSA) is 45.7 Å². The fourth-order valence-electron chi connectivity index (χ4n) is 3.11. The first kappa shape index (κ1) is 18.4. The number of ether oxygens (including phenoxy) is 1. The van der Waals surface area contributed by atoms with E-state index in [2.05, 4.69) is 28.9 Å². The van der Waals surface area contributed by atoms with Crippen molar-refractivity contribution in [3.63, 3.8) is 0 Å². The molecule has 3 rings (SSSR count). The average molecular weight is 353 g/mol. The highest BCUT2D eigenvalue weighted by Crippen LogP contribution is 2.15. The number of carbonyl (C=O) groups is 1. The standard InChI is InChI=1S/C21H27N3O2/c1-2-17-26-20-5-3-19(4-6-20)21(25)24-15-13-23(14-16-24)12-9-18-7-10-22-11-8-18/h3-8,10-11H,2,9,12-17H2,1H3. The fourth-order valence-corrected chi connectivity index (χ4v) is 3.11. The van der Waals surface area contributed by atoms with Gasteiger partial charge in [-0.2, -0.15) is 0 Å². The summed E-state index contributed by atoms with van der Waals surface area (Å²) in [7, 11) is 0. The van der Waals surface area contributed by atoms with Crippen LogP contribution in [-0.4, -0.2) is 60.0 Å². The van der Waals surface area contributed by atoms with Gasteiger partial charge >= 0.3 is 0 Å². The van der Waals surface area contributed by atoms with Crippen molar-refractivity contribution in [2.45, 2.75) is 19.8 Å². The quantitative estimate of drug-likeness (QED) is 0.768. The molecule has 1 amide bonds. The minimum atomic E-state index is 0.112. The number of carbonyl (C=O) groups excluding carboxylic acids is 1. The normalized spacial score (nSPS) is 15.0. The van der Waals surface area contributed by atoms with E-state index in [4.69, 9.17) is 4.74 Å². The highest BCUT2D eigenvalue weighted by Gasteiger charge is 2.21. The average Bonchev–Trinajstić information content (AvgIpc) is 2.72. The van der Waals surface area contributed by atoms with Crippen LogP contribution in [0.2, 0.25) is 0 Å². The van der Waals surface area contributed by atoms with Crippen LogP contribution in [-0.2, 0) is 6.42 Å². The van der Waals surface area contributed by atoms with E-state index in [1.165, 1.54) is 5.56 Å². The molecule has 5 nitrogen and oxygen atoms in total. The fraction of sp³-hybridized carbons (Fsp3) is 0.429. The van der Waals surface area contributed by atoms with Crippen molar-refractivity contribution in [2.75, 3.05) is 39.3 Å². The minimum Gasteiger partial charge on any atom is -0.494 e. The number of amides is 1. The second-order valence-corrected chi connectivity index (χ2v) is 6.61. The third-order valence-corrected chi connectivity index (χ3v) is 4.70. The number of hydrogen-bond donors (Lipinski definition) is 0. The molecular weight excluding hydrogens is 326 g/mol. The van der Waals surface area contributed by atoms with Gasteiger partial charge in [-0.1, -0.05) is 6.92 Å². The Morgan fingerprint density at radius 2 is 1.73 bits per heavy atom. The van der Waals surface area contributed by atoms with Gasteiger partial charge in [0.15, 0.2) is 0 Å². The van der Waals surface area contributed by atoms with E-state index >= 15 is 0 Å². The molecule has 1 aliphatic rings. The van der Waals surface area contributed by atoms with Crippen LogP contribution in [0, 0.1) is 0 Å². The van der Waals surface area contributed by atoms with E-state index in [9.17, 15) is 4.79 Å². The number of rotatable bonds is 7. The Kier molecular flexibility index (Phi) is 6.61. The Labute approximate surface area is 155 Å². The Hall–Kier alpha value is -2.40. The third kappa shape index (κ3) is 5.05. The highest BCUT2D eigenvalue weighted by molar-refractivity contribution is 5.94. The Bertz CT molecular complexity index is 680. The predicted octanol–water partition coefficient (Wildman–Crippen LogP) is 2.87. The number of hydrogen-bond acceptors (Lipinski definition) is 4. The van der Waals surface area contributed by atoms with Crippen molar-refractivity contribution in [1.82, 2.24) is 14.8 Å². The summed E-state index contributed by atoms with van der Waals surface area (Å²) in [5.74, 6) is 0.935. The number of piperazine rings is 1. The van der Waals surface area contributed by atoms with Gasteiger partial charge in [0.25, 0.3) is 5.91 Å². The van der Waals surface area contributed by atoms with E-state index in [1.54, 1.807) is 0 Å². The summed E-state index contributed by atoms with van der Waals surface area (Å²) >= 11 is 0. The molecule has 0 saturated carbocycles. The van der Waals surface area contributed by atoms with Gasteiger partial charge in [-0.05, 0) is 54.8 Å². The molecule has 0 radical (unpaired) electrons. The molecule has 0 aliphatic carbocycles. The molecule has 1 aromatic heterocycles. The first-order chi connectivity index (χ1) is 12.8. The Balaban J connectivity index is 1.45. The van der Waals surface area contributed by atoms with Gasteiger partial charge in [-0.3, -0.25) is 14.7 Å². The van der Waals surface area contributed by atoms with Gasteiger partial charge in [-0.15, -0.1) is 0 Å². The summed E-state index contributed by atoms with van der Waals surface area (Å²) in [6.45, 7) is 7.22. The molecule has 0 bridgehead atoms. The first-order valence-corrected chi connectivity index (χ1v) is 9.39. The molecule has 2 aromatic rings. The maximum atomic E-state index is 12.7. The predicted molar refractivity (Wildman–Crippen MR) is 103 cm³/mol. The molecule has 1 saturated heterocycles. The van der Waals surface area contributed by atoms with Crippen molar-refractivity contribution >= 4 is 5.91 Å². The van der Waals surface area contributed by atoms with Crippen LogP contribution in [0.3, 0.4) is 0 Å². The van der Waals surface area contributed by atoms with Crippen LogP contribution in [0.4, 0.5) is 0 Å². The van der Waals surface area contributed by atoms with Crippen molar-refractivity contribution in [3.8, 4) is 5.75 Å². The van der Waals surface area contributed by atoms with Crippen molar-refractivity contribution in [3.05, 3.63) is 59.9 Å². The van der Waals surface area contributed by atoms with Crippen LogP contribution in [0.5, 0.6) is 5.75 Å². The highest BCUT2D eigenvalue weighted by atomic mass is 16.5. The van der Waals surface area contributed by atoms with Crippen LogP contribution < -0.4 is 4.74 Å². The van der Waals surface area contributed by atoms with Crippen LogP contribution >= 0.6 is 0 Å². The second-order valence-electron chi connectivity index (χ2n) is 6.61. The van der Waals surface area contributed by atoms with Crippen LogP contribution in [0.15, 0.2) is 48.8 Å². The molecule has 138 valence electrons. The molecule has 0 atom stereocenters. The van der Waals surface area contributed by atoms with Crippen molar-refractivity contribution in [2.24, 2.45) is 0 Å². The zero-order valence-corrected chi connectivity index (χ0v) is 15.4. The van der Waals surface area contributed by atoms with E-state index in [0.717, 1.165) is 56.9 Å². The van der Waals surface area contributed by atoms with E-state index < -0.39 is 0 Å². The maximum absolute atomic E-state index is 12.7. The summed E-state index contributed by atoms with van der Waals surface area (Å²) in [6, 6.07) is 11.6. The second kappa shape index (κ2) is 9.34. The van der Waals surface area contributed by atoms with Gasteiger partial charge in [0.1, 0.15) is 5.75 Å². The summed E-state index contributed by atoms with van der Waals surface area (Å²) < 4.78 is 5.58. The van der Waals surface area contributed by atoms with E-state index in [0.29, 0.717) is 6.61 Å². The Morgan fingerprint density at radius 1 is 1.04 bits per heavy atom. The lowest BCUT2D eigenvalue weighted by Crippen LogP contribution is -2.49.